The summed E-state index contributed by atoms with van der Waals surface area (Å²) in [5.74, 6) is 0. The van der Waals surface area contributed by atoms with Crippen molar-refractivity contribution in [1.82, 2.24) is 4.98 Å². The van der Waals surface area contributed by atoms with Crippen molar-refractivity contribution in [3.05, 3.63) is 24.5 Å². The minimum Gasteiger partial charge on any atom is -0.366 e. The van der Waals surface area contributed by atoms with Gasteiger partial charge in [0.15, 0.2) is 0 Å². The number of nitrogens with zero attached hydrogens (tertiary/aromatic N) is 2. The Bertz CT molecular complexity index is 267. The number of nitrogens with two attached hydrogens (primary N) is 1. The molecule has 2 N–H and O–H groups in total. The number of rotatable bonds is 1. The van der Waals surface area contributed by atoms with Crippen LogP contribution in [0.15, 0.2) is 24.5 Å². The second kappa shape index (κ2) is 3.30. The molecule has 3 nitrogen and oxygen atoms in total. The van der Waals surface area contributed by atoms with Crippen LogP contribution in [0.4, 0.5) is 10.1 Å². The maximum Gasteiger partial charge on any atom is 0.134 e. The highest BCUT2D eigenvalue weighted by molar-refractivity contribution is 5.45. The smallest absolute Gasteiger partial charge is 0.134 e. The lowest BCUT2D eigenvalue weighted by molar-refractivity contribution is 0.333. The van der Waals surface area contributed by atoms with Gasteiger partial charge < -0.3 is 10.6 Å². The van der Waals surface area contributed by atoms with Gasteiger partial charge in [-0.15, -0.1) is 0 Å². The van der Waals surface area contributed by atoms with Crippen molar-refractivity contribution in [3.63, 3.8) is 0 Å². The minimum atomic E-state index is -0.916. The molecule has 1 aromatic heterocycles. The number of hydrogen-bond donors (Lipinski definition) is 1. The molecule has 0 radical (unpaired) electrons. The molecular formula is C9H12FN3. The third-order valence-electron chi connectivity index (χ3n) is 2.30. The zero-order valence-electron chi connectivity index (χ0n) is 7.23. The predicted molar refractivity (Wildman–Crippen MR) is 49.3 cm³/mol. The SMILES string of the molecule is N[C@H]1CN(c2cccnc2)C[C@@H]1F. The van der Waals surface area contributed by atoms with Crippen molar-refractivity contribution in [3.8, 4) is 0 Å². The average Bonchev–Trinajstić information content (AvgIpc) is 2.49. The Morgan fingerprint density at radius 2 is 2.38 bits per heavy atom. The Morgan fingerprint density at radius 3 is 2.92 bits per heavy atom. The number of aromatic nitrogens is 1. The van der Waals surface area contributed by atoms with E-state index in [1.165, 1.54) is 0 Å². The van der Waals surface area contributed by atoms with Crippen molar-refractivity contribution in [2.24, 2.45) is 5.73 Å². The van der Waals surface area contributed by atoms with E-state index in [-0.39, 0.29) is 6.04 Å². The normalized spacial score (nSPS) is 28.0. The third kappa shape index (κ3) is 1.62. The lowest BCUT2D eigenvalue weighted by atomic mass is 10.3. The molecule has 13 heavy (non-hydrogen) atoms. The van der Waals surface area contributed by atoms with Gasteiger partial charge in [0.25, 0.3) is 0 Å². The highest BCUT2D eigenvalue weighted by Crippen LogP contribution is 2.19. The summed E-state index contributed by atoms with van der Waals surface area (Å²) in [7, 11) is 0. The van der Waals surface area contributed by atoms with Crippen LogP contribution in [0.1, 0.15) is 0 Å². The molecule has 2 rings (SSSR count). The largest absolute Gasteiger partial charge is 0.366 e. The number of hydrogen-bond acceptors (Lipinski definition) is 3. The van der Waals surface area contributed by atoms with Crippen molar-refractivity contribution in [1.29, 1.82) is 0 Å². The quantitative estimate of drug-likeness (QED) is 0.688. The van der Waals surface area contributed by atoms with E-state index in [9.17, 15) is 4.39 Å². The molecule has 1 saturated heterocycles. The standard InChI is InChI=1S/C9H12FN3/c10-8-5-13(6-9(8)11)7-2-1-3-12-4-7/h1-4,8-9H,5-6,11H2/t8-,9-/m0/s1. The number of anilines is 1. The second-order valence-corrected chi connectivity index (χ2v) is 3.30. The molecule has 0 aromatic carbocycles. The van der Waals surface area contributed by atoms with E-state index < -0.39 is 6.17 Å². The molecule has 0 bridgehead atoms. The van der Waals surface area contributed by atoms with E-state index in [1.54, 1.807) is 12.4 Å². The van der Waals surface area contributed by atoms with E-state index in [4.69, 9.17) is 5.73 Å². The summed E-state index contributed by atoms with van der Waals surface area (Å²) in [6.45, 7) is 0.958. The van der Waals surface area contributed by atoms with E-state index in [0.29, 0.717) is 13.1 Å². The zero-order chi connectivity index (χ0) is 9.26. The van der Waals surface area contributed by atoms with Crippen LogP contribution in [0.5, 0.6) is 0 Å². The summed E-state index contributed by atoms with van der Waals surface area (Å²) in [5.41, 5.74) is 6.51. The zero-order valence-corrected chi connectivity index (χ0v) is 7.23. The second-order valence-electron chi connectivity index (χ2n) is 3.30. The Balaban J connectivity index is 2.12. The molecule has 1 aromatic rings. The van der Waals surface area contributed by atoms with Gasteiger partial charge >= 0.3 is 0 Å². The summed E-state index contributed by atoms with van der Waals surface area (Å²) in [5, 5.41) is 0. The highest BCUT2D eigenvalue weighted by atomic mass is 19.1. The molecule has 0 amide bonds. The fraction of sp³-hybridized carbons (Fsp3) is 0.444. The maximum atomic E-state index is 13.1. The summed E-state index contributed by atoms with van der Waals surface area (Å²) in [6, 6.07) is 3.39. The van der Waals surface area contributed by atoms with Crippen LogP contribution in [-0.2, 0) is 0 Å². The fourth-order valence-electron chi connectivity index (χ4n) is 1.54. The first-order valence-corrected chi connectivity index (χ1v) is 4.32. The van der Waals surface area contributed by atoms with Crippen LogP contribution in [-0.4, -0.2) is 30.3 Å². The molecule has 2 atom stereocenters. The van der Waals surface area contributed by atoms with Crippen LogP contribution in [0.3, 0.4) is 0 Å². The predicted octanol–water partition coefficient (Wildman–Crippen LogP) is 0.567. The van der Waals surface area contributed by atoms with Gasteiger partial charge in [-0.2, -0.15) is 0 Å². The number of alkyl halides is 1. The number of halogens is 1. The molecular weight excluding hydrogens is 169 g/mol. The Labute approximate surface area is 76.4 Å². The van der Waals surface area contributed by atoms with Gasteiger partial charge in [0.05, 0.1) is 24.5 Å². The van der Waals surface area contributed by atoms with E-state index in [2.05, 4.69) is 4.98 Å². The summed E-state index contributed by atoms with van der Waals surface area (Å²) < 4.78 is 13.1. The minimum absolute atomic E-state index is 0.361. The van der Waals surface area contributed by atoms with Gasteiger partial charge in [0, 0.05) is 12.7 Å². The van der Waals surface area contributed by atoms with Crippen LogP contribution < -0.4 is 10.6 Å². The summed E-state index contributed by atoms with van der Waals surface area (Å²) in [6.07, 6.45) is 2.51. The van der Waals surface area contributed by atoms with Gasteiger partial charge in [-0.25, -0.2) is 4.39 Å². The van der Waals surface area contributed by atoms with Crippen molar-refractivity contribution in [2.75, 3.05) is 18.0 Å². The topological polar surface area (TPSA) is 42.1 Å². The van der Waals surface area contributed by atoms with Gasteiger partial charge in [-0.1, -0.05) is 0 Å². The maximum absolute atomic E-state index is 13.1. The van der Waals surface area contributed by atoms with E-state index >= 15 is 0 Å². The Morgan fingerprint density at radius 1 is 1.54 bits per heavy atom. The molecule has 4 heteroatoms. The van der Waals surface area contributed by atoms with Crippen LogP contribution in [0.2, 0.25) is 0 Å². The first-order valence-electron chi connectivity index (χ1n) is 4.32. The first-order chi connectivity index (χ1) is 6.27. The van der Waals surface area contributed by atoms with Gasteiger partial charge in [-0.3, -0.25) is 4.98 Å². The number of pyridine rings is 1. The highest BCUT2D eigenvalue weighted by Gasteiger charge is 2.29. The molecule has 2 heterocycles. The lowest BCUT2D eigenvalue weighted by Gasteiger charge is -2.16. The summed E-state index contributed by atoms with van der Waals surface area (Å²) in [4.78, 5) is 5.89. The molecule has 0 aliphatic carbocycles. The van der Waals surface area contributed by atoms with Crippen molar-refractivity contribution in [2.45, 2.75) is 12.2 Å². The molecule has 0 saturated carbocycles. The molecule has 1 fully saturated rings. The van der Waals surface area contributed by atoms with Crippen LogP contribution in [0, 0.1) is 0 Å². The monoisotopic (exact) mass is 181 g/mol. The van der Waals surface area contributed by atoms with Gasteiger partial charge in [0.2, 0.25) is 0 Å². The van der Waals surface area contributed by atoms with E-state index in [1.807, 2.05) is 17.0 Å². The van der Waals surface area contributed by atoms with Crippen molar-refractivity contribution < 1.29 is 4.39 Å². The molecule has 0 spiro atoms. The molecule has 1 aliphatic heterocycles. The van der Waals surface area contributed by atoms with Crippen LogP contribution in [0.25, 0.3) is 0 Å². The molecule has 0 unspecified atom stereocenters. The van der Waals surface area contributed by atoms with Gasteiger partial charge in [-0.05, 0) is 12.1 Å². The average molecular weight is 181 g/mol. The molecule has 70 valence electrons. The lowest BCUT2D eigenvalue weighted by Crippen LogP contribution is -2.30. The third-order valence-corrected chi connectivity index (χ3v) is 2.30. The first kappa shape index (κ1) is 8.44. The summed E-state index contributed by atoms with van der Waals surface area (Å²) >= 11 is 0. The van der Waals surface area contributed by atoms with Crippen molar-refractivity contribution >= 4 is 5.69 Å². The Hall–Kier alpha value is -1.16. The van der Waals surface area contributed by atoms with Gasteiger partial charge in [0.1, 0.15) is 6.17 Å². The van der Waals surface area contributed by atoms with Crippen LogP contribution >= 0.6 is 0 Å². The molecule has 1 aliphatic rings. The Kier molecular flexibility index (Phi) is 2.14. The van der Waals surface area contributed by atoms with E-state index in [0.717, 1.165) is 5.69 Å². The fourth-order valence-corrected chi connectivity index (χ4v) is 1.54.